The van der Waals surface area contributed by atoms with Crippen molar-refractivity contribution >= 4 is 17.1 Å². The molecule has 3 rings (SSSR count). The molecule has 1 heterocycles. The van der Waals surface area contributed by atoms with Crippen molar-refractivity contribution in [2.24, 2.45) is 0 Å². The Morgan fingerprint density at radius 3 is 2.74 bits per heavy atom. The summed E-state index contributed by atoms with van der Waals surface area (Å²) in [7, 11) is 0. The molecule has 0 radical (unpaired) electrons. The van der Waals surface area contributed by atoms with Crippen LogP contribution in [0.1, 0.15) is 10.4 Å². The van der Waals surface area contributed by atoms with Crippen molar-refractivity contribution in [1.82, 2.24) is 4.98 Å². The fourth-order valence-electron chi connectivity index (χ4n) is 1.87. The van der Waals surface area contributed by atoms with E-state index in [0.717, 1.165) is 0 Å². The van der Waals surface area contributed by atoms with Gasteiger partial charge >= 0.3 is 5.97 Å². The van der Waals surface area contributed by atoms with Gasteiger partial charge in [-0.3, -0.25) is 4.79 Å². The van der Waals surface area contributed by atoms with Crippen LogP contribution in [0.5, 0.6) is 5.75 Å². The predicted molar refractivity (Wildman–Crippen MR) is 65.5 cm³/mol. The second-order valence-electron chi connectivity index (χ2n) is 3.96. The fourth-order valence-corrected chi connectivity index (χ4v) is 1.87. The Morgan fingerprint density at radius 2 is 2.00 bits per heavy atom. The Bertz CT molecular complexity index is 836. The molecule has 0 aromatic heterocycles. The largest absolute Gasteiger partial charge is 0.507 e. The Labute approximate surface area is 105 Å². The summed E-state index contributed by atoms with van der Waals surface area (Å²) in [6.07, 6.45) is 0. The van der Waals surface area contributed by atoms with Gasteiger partial charge < -0.3 is 14.6 Å². The van der Waals surface area contributed by atoms with E-state index < -0.39 is 11.7 Å². The van der Waals surface area contributed by atoms with Crippen molar-refractivity contribution in [3.05, 3.63) is 46.1 Å². The third-order valence-corrected chi connectivity index (χ3v) is 2.71. The van der Waals surface area contributed by atoms with Crippen LogP contribution in [0.2, 0.25) is 0 Å². The van der Waals surface area contributed by atoms with Crippen molar-refractivity contribution in [3.63, 3.8) is 0 Å². The topological polar surface area (TPSA) is 101 Å². The van der Waals surface area contributed by atoms with Crippen molar-refractivity contribution in [3.8, 4) is 17.2 Å². The summed E-state index contributed by atoms with van der Waals surface area (Å²) in [6, 6.07) is 6.74. The number of rotatable bonds is 1. The van der Waals surface area contributed by atoms with Gasteiger partial charge in [-0.25, -0.2) is 9.78 Å². The van der Waals surface area contributed by atoms with E-state index in [4.69, 9.17) is 9.52 Å². The molecule has 0 spiro atoms. The number of carbonyl (C=O) groups is 1. The molecule has 1 aromatic carbocycles. The molecule has 0 saturated heterocycles. The molecular weight excluding hydrogens is 250 g/mol. The second-order valence-corrected chi connectivity index (χ2v) is 3.96. The number of aromatic carboxylic acids is 1. The first-order valence-corrected chi connectivity index (χ1v) is 5.36. The lowest BCUT2D eigenvalue weighted by Gasteiger charge is -2.08. The summed E-state index contributed by atoms with van der Waals surface area (Å²) < 4.78 is 5.40. The van der Waals surface area contributed by atoms with E-state index in [1.165, 1.54) is 30.3 Å². The number of fused-ring (bicyclic) bond motifs is 2. The third kappa shape index (κ3) is 1.70. The first-order chi connectivity index (χ1) is 9.06. The average Bonchev–Trinajstić information content (AvgIpc) is 2.35. The number of carboxylic acid groups (broad SMARTS) is 1. The Balaban J connectivity index is 2.50. The highest BCUT2D eigenvalue weighted by Crippen LogP contribution is 2.30. The zero-order valence-electron chi connectivity index (χ0n) is 9.45. The quantitative estimate of drug-likeness (QED) is 0.643. The number of benzene rings is 2. The van der Waals surface area contributed by atoms with E-state index >= 15 is 0 Å². The lowest BCUT2D eigenvalue weighted by molar-refractivity contribution is 0.0694. The summed E-state index contributed by atoms with van der Waals surface area (Å²) in [5.74, 6) is -1.57. The number of nitrogens with zero attached hydrogens (tertiary/aromatic N) is 1. The monoisotopic (exact) mass is 257 g/mol. The maximum atomic E-state index is 11.3. The fraction of sp³-hybridized carbons (Fsp3) is 0. The molecule has 94 valence electrons. The van der Waals surface area contributed by atoms with E-state index in [1.807, 2.05) is 0 Å². The molecule has 2 N–H and O–H groups in total. The molecular formula is C13H7NO5. The first kappa shape index (κ1) is 11.2. The lowest BCUT2D eigenvalue weighted by atomic mass is 10.1. The zero-order valence-corrected chi connectivity index (χ0v) is 9.45. The van der Waals surface area contributed by atoms with Gasteiger partial charge in [0.1, 0.15) is 22.5 Å². The summed E-state index contributed by atoms with van der Waals surface area (Å²) in [4.78, 5) is 26.6. The second kappa shape index (κ2) is 3.81. The number of aromatic hydroxyl groups is 1. The molecule has 1 aromatic rings. The molecule has 1 aliphatic heterocycles. The van der Waals surface area contributed by atoms with Crippen LogP contribution >= 0.6 is 0 Å². The van der Waals surface area contributed by atoms with E-state index in [1.54, 1.807) is 0 Å². The molecule has 6 heteroatoms. The molecule has 6 nitrogen and oxygen atoms in total. The Hall–Kier alpha value is -2.89. The standard InChI is InChI=1S/C13H7NO5/c15-6-1-2-7-10(5-6)19-12-8(14-7)3-4-9(16)11(12)13(17)18/h1-5,16H,(H,17,18). The molecule has 2 aliphatic rings. The van der Waals surface area contributed by atoms with Crippen molar-refractivity contribution in [2.75, 3.05) is 0 Å². The maximum Gasteiger partial charge on any atom is 0.343 e. The van der Waals surface area contributed by atoms with E-state index in [-0.39, 0.29) is 22.3 Å². The number of aromatic nitrogens is 1. The van der Waals surface area contributed by atoms with Crippen LogP contribution in [-0.4, -0.2) is 21.2 Å². The summed E-state index contributed by atoms with van der Waals surface area (Å²) in [6.45, 7) is 0. The van der Waals surface area contributed by atoms with E-state index in [9.17, 15) is 14.7 Å². The van der Waals surface area contributed by atoms with Gasteiger partial charge in [-0.2, -0.15) is 0 Å². The molecule has 1 aliphatic carbocycles. The minimum absolute atomic E-state index is 0.0643. The van der Waals surface area contributed by atoms with Crippen molar-refractivity contribution < 1.29 is 19.4 Å². The van der Waals surface area contributed by atoms with Gasteiger partial charge in [-0.05, 0) is 24.3 Å². The minimum atomic E-state index is -1.33. The van der Waals surface area contributed by atoms with Gasteiger partial charge in [-0.1, -0.05) is 0 Å². The van der Waals surface area contributed by atoms with Gasteiger partial charge in [0.25, 0.3) is 0 Å². The van der Waals surface area contributed by atoms with Gasteiger partial charge in [-0.15, -0.1) is 0 Å². The van der Waals surface area contributed by atoms with Crippen LogP contribution < -0.4 is 5.43 Å². The highest BCUT2D eigenvalue weighted by molar-refractivity contribution is 6.03. The molecule has 0 amide bonds. The van der Waals surface area contributed by atoms with Crippen LogP contribution in [0.4, 0.5) is 0 Å². The normalized spacial score (nSPS) is 10.9. The molecule has 0 bridgehead atoms. The minimum Gasteiger partial charge on any atom is -0.507 e. The molecule has 0 fully saturated rings. The van der Waals surface area contributed by atoms with Gasteiger partial charge in [0, 0.05) is 6.07 Å². The van der Waals surface area contributed by atoms with Crippen LogP contribution in [0.25, 0.3) is 22.6 Å². The van der Waals surface area contributed by atoms with Crippen LogP contribution in [0, 0.1) is 0 Å². The zero-order chi connectivity index (χ0) is 13.6. The van der Waals surface area contributed by atoms with Crippen LogP contribution in [-0.2, 0) is 0 Å². The SMILES string of the molecule is O=C(O)c1c(O)ccc2nc3ccc(=O)cc-3oc12. The predicted octanol–water partition coefficient (Wildman–Crippen LogP) is 1.70. The molecule has 19 heavy (non-hydrogen) atoms. The number of phenols is 1. The average molecular weight is 257 g/mol. The first-order valence-electron chi connectivity index (χ1n) is 5.36. The highest BCUT2D eigenvalue weighted by Gasteiger charge is 2.19. The number of hydrogen-bond donors (Lipinski definition) is 2. The molecule has 0 saturated carbocycles. The van der Waals surface area contributed by atoms with Crippen molar-refractivity contribution in [1.29, 1.82) is 0 Å². The summed E-state index contributed by atoms with van der Waals surface area (Å²) >= 11 is 0. The van der Waals surface area contributed by atoms with Crippen LogP contribution in [0.3, 0.4) is 0 Å². The Morgan fingerprint density at radius 1 is 1.21 bits per heavy atom. The highest BCUT2D eigenvalue weighted by atomic mass is 16.4. The van der Waals surface area contributed by atoms with E-state index in [2.05, 4.69) is 4.98 Å². The molecule has 0 unspecified atom stereocenters. The molecule has 0 atom stereocenters. The lowest BCUT2D eigenvalue weighted by Crippen LogP contribution is -2.02. The van der Waals surface area contributed by atoms with Gasteiger partial charge in [0.15, 0.2) is 16.8 Å². The van der Waals surface area contributed by atoms with E-state index in [0.29, 0.717) is 11.2 Å². The van der Waals surface area contributed by atoms with Crippen molar-refractivity contribution in [2.45, 2.75) is 0 Å². The maximum absolute atomic E-state index is 11.3. The number of hydrogen-bond acceptors (Lipinski definition) is 5. The van der Waals surface area contributed by atoms with Gasteiger partial charge in [0.2, 0.25) is 0 Å². The smallest absolute Gasteiger partial charge is 0.343 e. The van der Waals surface area contributed by atoms with Gasteiger partial charge in [0.05, 0.1) is 0 Å². The number of carboxylic acids is 1. The Kier molecular flexibility index (Phi) is 2.25. The summed E-state index contributed by atoms with van der Waals surface area (Å²) in [5, 5.41) is 18.7. The van der Waals surface area contributed by atoms with Crippen LogP contribution in [0.15, 0.2) is 39.5 Å². The third-order valence-electron chi connectivity index (χ3n) is 2.71. The summed E-state index contributed by atoms with van der Waals surface area (Å²) in [5.41, 5.74) is 0.0266.